The van der Waals surface area contributed by atoms with E-state index >= 15 is 0 Å². The van der Waals surface area contributed by atoms with Crippen molar-refractivity contribution in [2.24, 2.45) is 0 Å². The van der Waals surface area contributed by atoms with E-state index in [0.717, 1.165) is 23.7 Å². The third-order valence-corrected chi connectivity index (χ3v) is 6.92. The van der Waals surface area contributed by atoms with Crippen LogP contribution in [0.5, 0.6) is 5.75 Å². The van der Waals surface area contributed by atoms with Crippen molar-refractivity contribution < 1.29 is 24.2 Å². The van der Waals surface area contributed by atoms with Crippen LogP contribution in [0.3, 0.4) is 0 Å². The fraction of sp³-hybridized carbons (Fsp3) is 0.280. The number of aliphatic hydroxyl groups excluding tert-OH is 1. The molecule has 2 aliphatic rings. The number of hydrogen-bond acceptors (Lipinski definition) is 5. The Morgan fingerprint density at radius 1 is 1.24 bits per heavy atom. The van der Waals surface area contributed by atoms with Crippen LogP contribution in [0.2, 0.25) is 10.0 Å². The molecule has 34 heavy (non-hydrogen) atoms. The van der Waals surface area contributed by atoms with Gasteiger partial charge in [-0.25, -0.2) is 0 Å². The number of ketones is 1. The molecule has 0 saturated carbocycles. The average Bonchev–Trinajstić information content (AvgIpc) is 3.54. The van der Waals surface area contributed by atoms with Crippen molar-refractivity contribution in [3.8, 4) is 5.75 Å². The summed E-state index contributed by atoms with van der Waals surface area (Å²) in [5, 5.41) is 12.5. The SMILES string of the molecule is COc1c(Cl)cc(/C(O)=C2\C(=O)C(=O)N(CC3CCCO3)C2c2c[nH]c3ccccc23)cc1Cl. The molecular formula is C25H22Cl2N2O5. The predicted molar refractivity (Wildman–Crippen MR) is 129 cm³/mol. The monoisotopic (exact) mass is 500 g/mol. The molecule has 1 amide bonds. The molecule has 3 heterocycles. The molecule has 176 valence electrons. The highest BCUT2D eigenvalue weighted by molar-refractivity contribution is 6.47. The minimum absolute atomic E-state index is 0.0231. The van der Waals surface area contributed by atoms with E-state index in [1.54, 1.807) is 6.20 Å². The highest BCUT2D eigenvalue weighted by atomic mass is 35.5. The molecule has 2 aliphatic heterocycles. The van der Waals surface area contributed by atoms with Gasteiger partial charge in [0, 0.05) is 41.4 Å². The molecule has 7 nitrogen and oxygen atoms in total. The lowest BCUT2D eigenvalue weighted by Crippen LogP contribution is -2.36. The number of para-hydroxylation sites is 1. The lowest BCUT2D eigenvalue weighted by Gasteiger charge is -2.27. The van der Waals surface area contributed by atoms with E-state index in [1.807, 2.05) is 24.3 Å². The number of Topliss-reactive ketones (excluding diaryl/α,β-unsaturated/α-hetero) is 1. The first-order chi connectivity index (χ1) is 16.4. The number of carbonyl (C=O) groups excluding carboxylic acids is 2. The lowest BCUT2D eigenvalue weighted by atomic mass is 9.94. The number of aliphatic hydroxyl groups is 1. The number of H-pyrrole nitrogens is 1. The predicted octanol–water partition coefficient (Wildman–Crippen LogP) is 5.08. The Morgan fingerprint density at radius 3 is 2.65 bits per heavy atom. The summed E-state index contributed by atoms with van der Waals surface area (Å²) in [6.07, 6.45) is 3.30. The molecule has 2 atom stereocenters. The van der Waals surface area contributed by atoms with Crippen molar-refractivity contribution in [1.29, 1.82) is 0 Å². The Kier molecular flexibility index (Phi) is 6.02. The van der Waals surface area contributed by atoms with Gasteiger partial charge in [-0.3, -0.25) is 9.59 Å². The molecule has 0 spiro atoms. The number of carbonyl (C=O) groups is 2. The molecule has 2 fully saturated rings. The molecule has 1 aromatic heterocycles. The molecule has 0 radical (unpaired) electrons. The van der Waals surface area contributed by atoms with Crippen LogP contribution in [0, 0.1) is 0 Å². The number of nitrogens with one attached hydrogen (secondary N) is 1. The zero-order valence-corrected chi connectivity index (χ0v) is 19.8. The summed E-state index contributed by atoms with van der Waals surface area (Å²) < 4.78 is 10.9. The summed E-state index contributed by atoms with van der Waals surface area (Å²) in [5.41, 5.74) is 1.76. The van der Waals surface area contributed by atoms with Gasteiger partial charge in [-0.15, -0.1) is 0 Å². The van der Waals surface area contributed by atoms with E-state index in [2.05, 4.69) is 4.98 Å². The molecule has 2 unspecified atom stereocenters. The number of rotatable bonds is 5. The maximum atomic E-state index is 13.3. The normalized spacial score (nSPS) is 22.1. The van der Waals surface area contributed by atoms with Crippen LogP contribution in [0.25, 0.3) is 16.7 Å². The second-order valence-corrected chi connectivity index (χ2v) is 9.16. The summed E-state index contributed by atoms with van der Waals surface area (Å²) >= 11 is 12.6. The summed E-state index contributed by atoms with van der Waals surface area (Å²) in [6.45, 7) is 0.866. The number of nitrogens with zero attached hydrogens (tertiary/aromatic N) is 1. The number of benzene rings is 2. The van der Waals surface area contributed by atoms with Crippen LogP contribution < -0.4 is 4.74 Å². The zero-order valence-electron chi connectivity index (χ0n) is 18.3. The molecule has 5 rings (SSSR count). The van der Waals surface area contributed by atoms with Gasteiger partial charge in [0.1, 0.15) is 5.76 Å². The highest BCUT2D eigenvalue weighted by Gasteiger charge is 2.47. The fourth-order valence-corrected chi connectivity index (χ4v) is 5.41. The minimum atomic E-state index is -0.806. The third kappa shape index (κ3) is 3.74. The van der Waals surface area contributed by atoms with Crippen LogP contribution in [0.4, 0.5) is 0 Å². The first-order valence-electron chi connectivity index (χ1n) is 10.9. The number of fused-ring (bicyclic) bond motifs is 1. The van der Waals surface area contributed by atoms with E-state index in [4.69, 9.17) is 32.7 Å². The van der Waals surface area contributed by atoms with Gasteiger partial charge in [0.15, 0.2) is 5.75 Å². The van der Waals surface area contributed by atoms with Crippen molar-refractivity contribution in [2.45, 2.75) is 25.0 Å². The molecule has 2 N–H and O–H groups in total. The molecule has 0 bridgehead atoms. The smallest absolute Gasteiger partial charge is 0.295 e. The summed E-state index contributed by atoms with van der Waals surface area (Å²) in [7, 11) is 1.43. The van der Waals surface area contributed by atoms with Gasteiger partial charge in [0.25, 0.3) is 11.7 Å². The van der Waals surface area contributed by atoms with E-state index in [0.29, 0.717) is 12.2 Å². The summed E-state index contributed by atoms with van der Waals surface area (Å²) in [5.74, 6) is -1.55. The standard InChI is InChI=1S/C25H22Cl2N2O5/c1-33-24-17(26)9-13(10-18(24)27)22(30)20-21(16-11-28-19-7-3-2-6-15(16)19)29(25(32)23(20)31)12-14-5-4-8-34-14/h2-3,6-7,9-11,14,21,28,30H,4-5,8,12H2,1H3/b22-20+. The van der Waals surface area contributed by atoms with Crippen LogP contribution in [0.15, 0.2) is 48.2 Å². The number of likely N-dealkylation sites (tertiary alicyclic amines) is 1. The minimum Gasteiger partial charge on any atom is -0.507 e. The van der Waals surface area contributed by atoms with Gasteiger partial charge in [-0.2, -0.15) is 0 Å². The van der Waals surface area contributed by atoms with Gasteiger partial charge in [0.2, 0.25) is 0 Å². The molecule has 2 saturated heterocycles. The zero-order chi connectivity index (χ0) is 24.0. The number of halogens is 2. The van der Waals surface area contributed by atoms with Gasteiger partial charge >= 0.3 is 0 Å². The summed E-state index contributed by atoms with van der Waals surface area (Å²) in [6, 6.07) is 9.72. The maximum absolute atomic E-state index is 13.3. The van der Waals surface area contributed by atoms with Crippen LogP contribution in [-0.2, 0) is 14.3 Å². The Labute approximate surface area is 205 Å². The number of amides is 1. The third-order valence-electron chi connectivity index (χ3n) is 6.36. The molecular weight excluding hydrogens is 479 g/mol. The first kappa shape index (κ1) is 22.8. The fourth-order valence-electron chi connectivity index (χ4n) is 4.77. The first-order valence-corrected chi connectivity index (χ1v) is 11.7. The van der Waals surface area contributed by atoms with E-state index < -0.39 is 17.7 Å². The Hall–Kier alpha value is -3.00. The largest absolute Gasteiger partial charge is 0.507 e. The van der Waals surface area contributed by atoms with E-state index in [1.165, 1.54) is 24.1 Å². The topological polar surface area (TPSA) is 91.9 Å². The van der Waals surface area contributed by atoms with Crippen molar-refractivity contribution >= 4 is 51.6 Å². The second-order valence-electron chi connectivity index (χ2n) is 8.35. The van der Waals surface area contributed by atoms with Gasteiger partial charge < -0.3 is 24.5 Å². The molecule has 9 heteroatoms. The number of ether oxygens (including phenoxy) is 2. The Morgan fingerprint density at radius 2 is 1.97 bits per heavy atom. The highest BCUT2D eigenvalue weighted by Crippen LogP contribution is 2.44. The number of hydrogen-bond donors (Lipinski definition) is 2. The second kappa shape index (κ2) is 8.98. The molecule has 3 aromatic rings. The maximum Gasteiger partial charge on any atom is 0.295 e. The van der Waals surface area contributed by atoms with Gasteiger partial charge in [-0.05, 0) is 31.0 Å². The van der Waals surface area contributed by atoms with Gasteiger partial charge in [-0.1, -0.05) is 41.4 Å². The average molecular weight is 501 g/mol. The Bertz CT molecular complexity index is 1300. The van der Waals surface area contributed by atoms with Crippen molar-refractivity contribution in [2.75, 3.05) is 20.3 Å². The van der Waals surface area contributed by atoms with Crippen molar-refractivity contribution in [1.82, 2.24) is 9.88 Å². The van der Waals surface area contributed by atoms with Crippen LogP contribution in [-0.4, -0.2) is 53.0 Å². The van der Waals surface area contributed by atoms with Crippen molar-refractivity contribution in [3.05, 3.63) is 69.3 Å². The molecule has 2 aromatic carbocycles. The van der Waals surface area contributed by atoms with Crippen LogP contribution in [0.1, 0.15) is 30.0 Å². The Balaban J connectivity index is 1.69. The quantitative estimate of drug-likeness (QED) is 0.289. The van der Waals surface area contributed by atoms with E-state index in [9.17, 15) is 14.7 Å². The van der Waals surface area contributed by atoms with E-state index in [-0.39, 0.29) is 45.3 Å². The number of aromatic nitrogens is 1. The van der Waals surface area contributed by atoms with Crippen molar-refractivity contribution in [3.63, 3.8) is 0 Å². The lowest BCUT2D eigenvalue weighted by molar-refractivity contribution is -0.140. The molecule has 0 aliphatic carbocycles. The van der Waals surface area contributed by atoms with Crippen LogP contribution >= 0.6 is 23.2 Å². The van der Waals surface area contributed by atoms with Gasteiger partial charge in [0.05, 0.1) is 34.9 Å². The summed E-state index contributed by atoms with van der Waals surface area (Å²) in [4.78, 5) is 31.2. The number of methoxy groups -OCH3 is 1. The number of aromatic amines is 1.